The number of hydrogen-bond donors (Lipinski definition) is 3. The van der Waals surface area contributed by atoms with E-state index >= 15 is 0 Å². The number of carbonyl (C=O) groups is 1. The molecule has 0 aliphatic heterocycles. The number of amides is 1. The summed E-state index contributed by atoms with van der Waals surface area (Å²) in [6.07, 6.45) is 6.27. The maximum atomic E-state index is 12.4. The van der Waals surface area contributed by atoms with Crippen LogP contribution in [0.4, 0.5) is 0 Å². The van der Waals surface area contributed by atoms with E-state index in [1.165, 1.54) is 17.3 Å². The largest absolute Gasteiger partial charge is 0.398 e. The number of alkyl halides is 1. The molecule has 6 heteroatoms. The van der Waals surface area contributed by atoms with Gasteiger partial charge in [0.2, 0.25) is 5.91 Å². The Kier molecular flexibility index (Phi) is 8.98. The van der Waals surface area contributed by atoms with Crippen LogP contribution >= 0.6 is 23.4 Å². The number of benzene rings is 1. The summed E-state index contributed by atoms with van der Waals surface area (Å²) in [5, 5.41) is 6.24. The number of carbonyl (C=O) groups excluding carboxylic acids is 1. The molecule has 0 radical (unpaired) electrons. The van der Waals surface area contributed by atoms with Gasteiger partial charge in [0.15, 0.2) is 0 Å². The van der Waals surface area contributed by atoms with Gasteiger partial charge in [-0.2, -0.15) is 0 Å². The highest BCUT2D eigenvalue weighted by atomic mass is 35.5. The Morgan fingerprint density at radius 2 is 2.11 bits per heavy atom. The van der Waals surface area contributed by atoms with Gasteiger partial charge >= 0.3 is 0 Å². The molecule has 0 heterocycles. The van der Waals surface area contributed by atoms with Crippen LogP contribution in [0.2, 0.25) is 0 Å². The van der Waals surface area contributed by atoms with Crippen LogP contribution in [-0.4, -0.2) is 30.9 Å². The van der Waals surface area contributed by atoms with Gasteiger partial charge in [-0.05, 0) is 36.4 Å². The summed E-state index contributed by atoms with van der Waals surface area (Å²) in [7, 11) is 1.89. The average molecular weight is 406 g/mol. The Morgan fingerprint density at radius 1 is 1.37 bits per heavy atom. The molecular weight excluding hydrogens is 378 g/mol. The van der Waals surface area contributed by atoms with Gasteiger partial charge in [0.1, 0.15) is 0 Å². The third-order valence-corrected chi connectivity index (χ3v) is 5.67. The summed E-state index contributed by atoms with van der Waals surface area (Å²) in [6.45, 7) is 4.80. The molecule has 1 aliphatic rings. The number of allylic oxidation sites excluding steroid dienone is 4. The number of nitrogens with one attached hydrogen (secondary N) is 2. The zero-order valence-electron chi connectivity index (χ0n) is 15.7. The second kappa shape index (κ2) is 11.2. The molecule has 146 valence electrons. The van der Waals surface area contributed by atoms with Crippen molar-refractivity contribution in [2.45, 2.75) is 37.1 Å². The molecule has 1 aliphatic carbocycles. The van der Waals surface area contributed by atoms with Crippen molar-refractivity contribution in [1.29, 1.82) is 0 Å². The molecule has 0 bridgehead atoms. The van der Waals surface area contributed by atoms with E-state index in [0.717, 1.165) is 28.5 Å². The van der Waals surface area contributed by atoms with E-state index in [2.05, 4.69) is 29.3 Å². The van der Waals surface area contributed by atoms with Crippen LogP contribution < -0.4 is 16.4 Å². The lowest BCUT2D eigenvalue weighted by Gasteiger charge is -2.19. The van der Waals surface area contributed by atoms with E-state index in [-0.39, 0.29) is 17.3 Å². The minimum Gasteiger partial charge on any atom is -0.398 e. The fourth-order valence-corrected chi connectivity index (χ4v) is 4.18. The number of rotatable bonds is 10. The molecule has 4 N–H and O–H groups in total. The number of thioether (sulfide) groups is 1. The van der Waals surface area contributed by atoms with E-state index in [0.29, 0.717) is 19.3 Å². The number of hydrogen-bond acceptors (Lipinski definition) is 4. The van der Waals surface area contributed by atoms with Gasteiger partial charge in [-0.3, -0.25) is 4.79 Å². The molecule has 2 rings (SSSR count). The standard InChI is InChI=1S/C21H28ClN3OS/c1-15(27-20-13-17(22)9-10-19(20)23)8-11-21(26)25-18(14-24-2)12-16-6-4-3-5-7-16/h3-7,9-10,17-18,24H,1,8,11-14,23H2,2H3,(H,25,26). The zero-order chi connectivity index (χ0) is 19.6. The van der Waals surface area contributed by atoms with E-state index in [1.807, 2.05) is 37.4 Å². The van der Waals surface area contributed by atoms with Gasteiger partial charge in [-0.1, -0.05) is 54.7 Å². The first-order valence-electron chi connectivity index (χ1n) is 9.12. The summed E-state index contributed by atoms with van der Waals surface area (Å²) in [6, 6.07) is 10.2. The third kappa shape index (κ3) is 7.83. The molecule has 27 heavy (non-hydrogen) atoms. The quantitative estimate of drug-likeness (QED) is 0.519. The summed E-state index contributed by atoms with van der Waals surface area (Å²) in [5.41, 5.74) is 7.95. The molecule has 2 atom stereocenters. The van der Waals surface area contributed by atoms with Crippen LogP contribution in [0.1, 0.15) is 24.8 Å². The van der Waals surface area contributed by atoms with Crippen molar-refractivity contribution in [2.75, 3.05) is 13.6 Å². The van der Waals surface area contributed by atoms with Gasteiger partial charge in [-0.15, -0.1) is 11.6 Å². The Morgan fingerprint density at radius 3 is 2.81 bits per heavy atom. The van der Waals surface area contributed by atoms with Crippen molar-refractivity contribution in [3.63, 3.8) is 0 Å². The molecule has 0 fully saturated rings. The van der Waals surface area contributed by atoms with Crippen LogP contribution in [0.3, 0.4) is 0 Å². The Balaban J connectivity index is 1.79. The maximum absolute atomic E-state index is 12.4. The molecule has 0 spiro atoms. The van der Waals surface area contributed by atoms with E-state index < -0.39 is 0 Å². The monoisotopic (exact) mass is 405 g/mol. The van der Waals surface area contributed by atoms with Crippen LogP contribution in [0, 0.1) is 0 Å². The lowest BCUT2D eigenvalue weighted by atomic mass is 10.1. The van der Waals surface area contributed by atoms with E-state index in [1.54, 1.807) is 0 Å². The summed E-state index contributed by atoms with van der Waals surface area (Å²) >= 11 is 7.69. The Labute approximate surface area is 171 Å². The second-order valence-electron chi connectivity index (χ2n) is 6.61. The highest BCUT2D eigenvalue weighted by Gasteiger charge is 2.16. The van der Waals surface area contributed by atoms with Crippen molar-refractivity contribution in [3.05, 3.63) is 70.1 Å². The van der Waals surface area contributed by atoms with Gasteiger partial charge in [0.05, 0.1) is 5.38 Å². The molecular formula is C21H28ClN3OS. The van der Waals surface area contributed by atoms with Crippen molar-refractivity contribution in [1.82, 2.24) is 10.6 Å². The topological polar surface area (TPSA) is 67.2 Å². The highest BCUT2D eigenvalue weighted by Crippen LogP contribution is 2.35. The SMILES string of the molecule is C=C(CCC(=O)NC(CNC)Cc1ccccc1)SC1=C(N)C=CC(Cl)C1. The van der Waals surface area contributed by atoms with Crippen LogP contribution in [0.15, 0.2) is 64.6 Å². The molecule has 4 nitrogen and oxygen atoms in total. The van der Waals surface area contributed by atoms with Crippen molar-refractivity contribution >= 4 is 29.3 Å². The van der Waals surface area contributed by atoms with Gasteiger partial charge < -0.3 is 16.4 Å². The smallest absolute Gasteiger partial charge is 0.220 e. The molecule has 1 aromatic rings. The summed E-state index contributed by atoms with van der Waals surface area (Å²) in [4.78, 5) is 14.3. The van der Waals surface area contributed by atoms with Crippen LogP contribution in [0.25, 0.3) is 0 Å². The van der Waals surface area contributed by atoms with Crippen molar-refractivity contribution in [3.8, 4) is 0 Å². The molecule has 1 amide bonds. The molecule has 1 aromatic carbocycles. The predicted molar refractivity (Wildman–Crippen MR) is 117 cm³/mol. The first kappa shape index (κ1) is 21.6. The Hall–Kier alpha value is -1.69. The van der Waals surface area contributed by atoms with E-state index in [4.69, 9.17) is 17.3 Å². The second-order valence-corrected chi connectivity index (χ2v) is 8.45. The van der Waals surface area contributed by atoms with Crippen LogP contribution in [0.5, 0.6) is 0 Å². The molecule has 0 saturated heterocycles. The lowest BCUT2D eigenvalue weighted by molar-refractivity contribution is -0.121. The maximum Gasteiger partial charge on any atom is 0.220 e. The first-order chi connectivity index (χ1) is 13.0. The minimum atomic E-state index is -0.0313. The lowest BCUT2D eigenvalue weighted by Crippen LogP contribution is -2.42. The number of halogens is 1. The fourth-order valence-electron chi connectivity index (χ4n) is 2.86. The zero-order valence-corrected chi connectivity index (χ0v) is 17.3. The molecule has 0 saturated carbocycles. The summed E-state index contributed by atoms with van der Waals surface area (Å²) in [5.74, 6) is 0.0358. The molecule has 2 unspecified atom stereocenters. The fraction of sp³-hybridized carbons (Fsp3) is 0.381. The van der Waals surface area contributed by atoms with Crippen LogP contribution in [-0.2, 0) is 11.2 Å². The predicted octanol–water partition coefficient (Wildman–Crippen LogP) is 3.70. The number of likely N-dealkylation sites (N-methyl/N-ethyl adjacent to an activating group) is 1. The molecule has 0 aromatic heterocycles. The normalized spacial score (nSPS) is 17.6. The van der Waals surface area contributed by atoms with Crippen molar-refractivity contribution in [2.24, 2.45) is 5.73 Å². The minimum absolute atomic E-state index is 0.0313. The highest BCUT2D eigenvalue weighted by molar-refractivity contribution is 8.06. The van der Waals surface area contributed by atoms with Gasteiger partial charge in [0, 0.05) is 36.0 Å². The summed E-state index contributed by atoms with van der Waals surface area (Å²) < 4.78 is 0. The van der Waals surface area contributed by atoms with E-state index in [9.17, 15) is 4.79 Å². The van der Waals surface area contributed by atoms with Crippen molar-refractivity contribution < 1.29 is 4.79 Å². The van der Waals surface area contributed by atoms with Gasteiger partial charge in [0.25, 0.3) is 0 Å². The number of nitrogens with two attached hydrogens (primary N) is 1. The van der Waals surface area contributed by atoms with Gasteiger partial charge in [-0.25, -0.2) is 0 Å². The third-order valence-electron chi connectivity index (χ3n) is 4.23. The average Bonchev–Trinajstić information content (AvgIpc) is 2.64. The Bertz CT molecular complexity index is 703. The first-order valence-corrected chi connectivity index (χ1v) is 10.4.